The molecule has 1 N–H and O–H groups in total. The summed E-state index contributed by atoms with van der Waals surface area (Å²) < 4.78 is 42.8. The van der Waals surface area contributed by atoms with Gasteiger partial charge in [-0.2, -0.15) is 0 Å². The smallest absolute Gasteiger partial charge is 0.264 e. The first kappa shape index (κ1) is 34.0. The van der Waals surface area contributed by atoms with Crippen LogP contribution in [0.4, 0.5) is 10.1 Å². The second-order valence-electron chi connectivity index (χ2n) is 10.4. The van der Waals surface area contributed by atoms with Gasteiger partial charge < -0.3 is 10.2 Å². The summed E-state index contributed by atoms with van der Waals surface area (Å²) in [4.78, 5) is 29.4. The molecule has 7 nitrogen and oxygen atoms in total. The van der Waals surface area contributed by atoms with Gasteiger partial charge in [0.25, 0.3) is 10.0 Å². The van der Waals surface area contributed by atoms with E-state index < -0.39 is 34.3 Å². The number of nitrogens with zero attached hydrogens (tertiary/aromatic N) is 2. The zero-order chi connectivity index (χ0) is 32.4. The molecule has 2 amide bonds. The summed E-state index contributed by atoms with van der Waals surface area (Å²) in [6.07, 6.45) is 1.78. The van der Waals surface area contributed by atoms with Crippen molar-refractivity contribution in [1.82, 2.24) is 10.2 Å². The van der Waals surface area contributed by atoms with Crippen LogP contribution in [0.1, 0.15) is 30.9 Å². The average molecular weight is 671 g/mol. The van der Waals surface area contributed by atoms with Gasteiger partial charge in [0, 0.05) is 29.6 Å². The maximum Gasteiger partial charge on any atom is 0.264 e. The summed E-state index contributed by atoms with van der Waals surface area (Å²) in [5.74, 6) is -1.46. The van der Waals surface area contributed by atoms with Gasteiger partial charge >= 0.3 is 0 Å². The summed E-state index contributed by atoms with van der Waals surface area (Å²) in [5, 5.41) is 3.56. The van der Waals surface area contributed by atoms with Crippen molar-refractivity contribution in [2.24, 2.45) is 0 Å². The molecule has 1 atom stereocenters. The number of carbonyl (C=O) groups is 2. The predicted octanol–water partition coefficient (Wildman–Crippen LogP) is 6.88. The number of carbonyl (C=O) groups excluding carboxylic acids is 2. The number of halogens is 3. The van der Waals surface area contributed by atoms with E-state index in [0.29, 0.717) is 17.1 Å². The molecular weight excluding hydrogens is 636 g/mol. The monoisotopic (exact) mass is 669 g/mol. The van der Waals surface area contributed by atoms with E-state index in [1.54, 1.807) is 12.1 Å². The minimum Gasteiger partial charge on any atom is -0.354 e. The number of hydrogen-bond donors (Lipinski definition) is 1. The van der Waals surface area contributed by atoms with E-state index in [1.807, 2.05) is 37.3 Å². The number of nitrogens with one attached hydrogen (secondary N) is 1. The summed E-state index contributed by atoms with van der Waals surface area (Å²) in [6, 6.07) is 25.6. The lowest BCUT2D eigenvalue weighted by Gasteiger charge is -2.34. The summed E-state index contributed by atoms with van der Waals surface area (Å²) in [7, 11) is -4.30. The van der Waals surface area contributed by atoms with Gasteiger partial charge in [0.15, 0.2) is 0 Å². The second kappa shape index (κ2) is 15.9. The Hall–Kier alpha value is -3.92. The first-order chi connectivity index (χ1) is 21.6. The van der Waals surface area contributed by atoms with Crippen molar-refractivity contribution in [3.63, 3.8) is 0 Å². The van der Waals surface area contributed by atoms with E-state index in [0.717, 1.165) is 22.7 Å². The number of anilines is 1. The Labute approximate surface area is 273 Å². The van der Waals surface area contributed by atoms with Crippen molar-refractivity contribution in [2.45, 2.75) is 43.7 Å². The molecule has 45 heavy (non-hydrogen) atoms. The van der Waals surface area contributed by atoms with Crippen LogP contribution < -0.4 is 9.62 Å². The Balaban J connectivity index is 1.78. The van der Waals surface area contributed by atoms with Gasteiger partial charge in [-0.3, -0.25) is 13.9 Å². The number of sulfonamides is 1. The molecule has 0 aliphatic rings. The molecule has 0 saturated heterocycles. The lowest BCUT2D eigenvalue weighted by molar-refractivity contribution is -0.140. The number of hydrogen-bond acceptors (Lipinski definition) is 4. The van der Waals surface area contributed by atoms with Crippen LogP contribution in [-0.4, -0.2) is 44.3 Å². The van der Waals surface area contributed by atoms with Crippen molar-refractivity contribution >= 4 is 50.7 Å². The molecule has 0 aromatic heterocycles. The fourth-order valence-corrected chi connectivity index (χ4v) is 6.46. The molecule has 0 aliphatic carbocycles. The van der Waals surface area contributed by atoms with Crippen molar-refractivity contribution in [1.29, 1.82) is 0 Å². The molecule has 0 bridgehead atoms. The molecule has 0 unspecified atom stereocenters. The fourth-order valence-electron chi connectivity index (χ4n) is 4.74. The van der Waals surface area contributed by atoms with Crippen LogP contribution >= 0.6 is 23.2 Å². The van der Waals surface area contributed by atoms with Gasteiger partial charge in [-0.25, -0.2) is 12.8 Å². The summed E-state index contributed by atoms with van der Waals surface area (Å²) in [5.41, 5.74) is 1.55. The molecular formula is C34H34Cl2FN3O4S. The predicted molar refractivity (Wildman–Crippen MR) is 176 cm³/mol. The average Bonchev–Trinajstić information content (AvgIpc) is 3.03. The number of rotatable bonds is 14. The van der Waals surface area contributed by atoms with Crippen molar-refractivity contribution in [3.05, 3.63) is 130 Å². The summed E-state index contributed by atoms with van der Waals surface area (Å²) >= 11 is 12.3. The van der Waals surface area contributed by atoms with Crippen LogP contribution in [0.3, 0.4) is 0 Å². The maximum atomic E-state index is 14.4. The van der Waals surface area contributed by atoms with Crippen LogP contribution in [0, 0.1) is 5.82 Å². The van der Waals surface area contributed by atoms with Crippen molar-refractivity contribution in [2.75, 3.05) is 17.4 Å². The number of benzene rings is 4. The highest BCUT2D eigenvalue weighted by Gasteiger charge is 2.34. The number of amides is 2. The van der Waals surface area contributed by atoms with Gasteiger partial charge in [0.1, 0.15) is 18.4 Å². The van der Waals surface area contributed by atoms with Crippen LogP contribution in [-0.2, 0) is 32.6 Å². The second-order valence-corrected chi connectivity index (χ2v) is 13.2. The molecule has 0 saturated carbocycles. The maximum absolute atomic E-state index is 14.4. The molecule has 4 aromatic carbocycles. The minimum absolute atomic E-state index is 0.0673. The van der Waals surface area contributed by atoms with E-state index in [4.69, 9.17) is 23.2 Å². The Morgan fingerprint density at radius 2 is 1.53 bits per heavy atom. The molecule has 11 heteroatoms. The lowest BCUT2D eigenvalue weighted by atomic mass is 10.0. The Kier molecular flexibility index (Phi) is 12.0. The molecule has 0 fully saturated rings. The third-order valence-corrected chi connectivity index (χ3v) is 9.42. The third-order valence-electron chi connectivity index (χ3n) is 7.14. The standard InChI is InChI=1S/C34H34Cl2FN3O4S/c1-2-3-20-38-34(42)32(21-25-8-5-4-6-9-25)39(23-26-12-16-29(37)17-13-26)33(41)24-40(30-11-7-10-28(36)22-30)45(43,44)31-18-14-27(35)15-19-31/h4-19,22,32H,2-3,20-21,23-24H2,1H3,(H,38,42)/t32-/m0/s1. The highest BCUT2D eigenvalue weighted by molar-refractivity contribution is 7.92. The third kappa shape index (κ3) is 9.29. The lowest BCUT2D eigenvalue weighted by Crippen LogP contribution is -2.53. The molecule has 4 aromatic rings. The Morgan fingerprint density at radius 3 is 2.18 bits per heavy atom. The van der Waals surface area contributed by atoms with Crippen LogP contribution in [0.2, 0.25) is 10.0 Å². The van der Waals surface area contributed by atoms with E-state index in [2.05, 4.69) is 5.32 Å². The number of unbranched alkanes of at least 4 members (excludes halogenated alkanes) is 1. The molecule has 4 rings (SSSR count). The highest BCUT2D eigenvalue weighted by atomic mass is 35.5. The summed E-state index contributed by atoms with van der Waals surface area (Å²) in [6.45, 7) is 1.71. The quantitative estimate of drug-likeness (QED) is 0.148. The van der Waals surface area contributed by atoms with E-state index in [-0.39, 0.29) is 34.5 Å². The normalized spacial score (nSPS) is 11.9. The Bertz CT molecular complexity index is 1690. The van der Waals surface area contributed by atoms with Gasteiger partial charge in [-0.15, -0.1) is 0 Å². The van der Waals surface area contributed by atoms with Gasteiger partial charge in [0.2, 0.25) is 11.8 Å². The topological polar surface area (TPSA) is 86.8 Å². The fraction of sp³-hybridized carbons (Fsp3) is 0.235. The first-order valence-corrected chi connectivity index (χ1v) is 16.7. The molecule has 0 heterocycles. The SMILES string of the molecule is CCCCNC(=O)[C@H](Cc1ccccc1)N(Cc1ccc(F)cc1)C(=O)CN(c1cccc(Cl)c1)S(=O)(=O)c1ccc(Cl)cc1. The van der Waals surface area contributed by atoms with Crippen molar-refractivity contribution < 1.29 is 22.4 Å². The molecule has 0 radical (unpaired) electrons. The molecule has 0 aliphatic heterocycles. The molecule has 236 valence electrons. The van der Waals surface area contributed by atoms with Gasteiger partial charge in [0.05, 0.1) is 10.6 Å². The van der Waals surface area contributed by atoms with Crippen LogP contribution in [0.5, 0.6) is 0 Å². The molecule has 0 spiro atoms. The first-order valence-electron chi connectivity index (χ1n) is 14.5. The van der Waals surface area contributed by atoms with Crippen molar-refractivity contribution in [3.8, 4) is 0 Å². The van der Waals surface area contributed by atoms with E-state index >= 15 is 0 Å². The van der Waals surface area contributed by atoms with Gasteiger partial charge in [-0.05, 0) is 72.1 Å². The zero-order valence-electron chi connectivity index (χ0n) is 24.7. The van der Waals surface area contributed by atoms with Gasteiger partial charge in [-0.1, -0.05) is 85.1 Å². The van der Waals surface area contributed by atoms with Crippen LogP contribution in [0.25, 0.3) is 0 Å². The largest absolute Gasteiger partial charge is 0.354 e. The highest BCUT2D eigenvalue weighted by Crippen LogP contribution is 2.28. The van der Waals surface area contributed by atoms with E-state index in [9.17, 15) is 22.4 Å². The van der Waals surface area contributed by atoms with Crippen LogP contribution in [0.15, 0.2) is 108 Å². The zero-order valence-corrected chi connectivity index (χ0v) is 27.0. The Morgan fingerprint density at radius 1 is 0.844 bits per heavy atom. The minimum atomic E-state index is -4.30. The van der Waals surface area contributed by atoms with E-state index in [1.165, 1.54) is 65.6 Å².